The van der Waals surface area contributed by atoms with Crippen molar-refractivity contribution in [3.63, 3.8) is 0 Å². The molecule has 0 saturated carbocycles. The van der Waals surface area contributed by atoms with Gasteiger partial charge in [-0.2, -0.15) is 0 Å². The van der Waals surface area contributed by atoms with Crippen LogP contribution >= 0.6 is 0 Å². The summed E-state index contributed by atoms with van der Waals surface area (Å²) in [6, 6.07) is 0. The van der Waals surface area contributed by atoms with E-state index in [2.05, 4.69) is 33.1 Å². The SMILES string of the molecule is CCCCC(C)C(C)(C)NN. The van der Waals surface area contributed by atoms with E-state index >= 15 is 0 Å². The molecule has 0 radical (unpaired) electrons. The Balaban J connectivity index is 3.71. The second-order valence-corrected chi connectivity index (χ2v) is 3.91. The highest BCUT2D eigenvalue weighted by molar-refractivity contribution is 4.80. The monoisotopic (exact) mass is 158 g/mol. The Morgan fingerprint density at radius 1 is 1.45 bits per heavy atom. The van der Waals surface area contributed by atoms with Crippen molar-refractivity contribution in [2.45, 2.75) is 52.5 Å². The minimum absolute atomic E-state index is 0.0785. The first kappa shape index (κ1) is 10.9. The van der Waals surface area contributed by atoms with Gasteiger partial charge in [0.05, 0.1) is 0 Å². The van der Waals surface area contributed by atoms with Crippen LogP contribution in [0.2, 0.25) is 0 Å². The fourth-order valence-electron chi connectivity index (χ4n) is 1.01. The van der Waals surface area contributed by atoms with E-state index in [0.717, 1.165) is 0 Å². The lowest BCUT2D eigenvalue weighted by atomic mass is 9.86. The molecule has 0 bridgehead atoms. The van der Waals surface area contributed by atoms with Gasteiger partial charge in [-0.1, -0.05) is 26.7 Å². The van der Waals surface area contributed by atoms with Crippen molar-refractivity contribution < 1.29 is 0 Å². The van der Waals surface area contributed by atoms with Gasteiger partial charge in [0, 0.05) is 5.54 Å². The van der Waals surface area contributed by atoms with Crippen molar-refractivity contribution in [1.82, 2.24) is 5.43 Å². The number of unbranched alkanes of at least 4 members (excludes halogenated alkanes) is 1. The summed E-state index contributed by atoms with van der Waals surface area (Å²) in [5.41, 5.74) is 2.93. The van der Waals surface area contributed by atoms with Crippen LogP contribution in [0.4, 0.5) is 0 Å². The fourth-order valence-corrected chi connectivity index (χ4v) is 1.01. The smallest absolute Gasteiger partial charge is 0.0290 e. The first-order valence-corrected chi connectivity index (χ1v) is 4.52. The van der Waals surface area contributed by atoms with Gasteiger partial charge in [0.1, 0.15) is 0 Å². The van der Waals surface area contributed by atoms with Crippen LogP contribution in [0.15, 0.2) is 0 Å². The van der Waals surface area contributed by atoms with Gasteiger partial charge in [-0.15, -0.1) is 0 Å². The Kier molecular flexibility index (Phi) is 4.69. The van der Waals surface area contributed by atoms with Crippen molar-refractivity contribution in [3.8, 4) is 0 Å². The molecule has 3 N–H and O–H groups in total. The summed E-state index contributed by atoms with van der Waals surface area (Å²) >= 11 is 0. The summed E-state index contributed by atoms with van der Waals surface area (Å²) < 4.78 is 0. The van der Waals surface area contributed by atoms with Crippen LogP contribution in [0.25, 0.3) is 0 Å². The van der Waals surface area contributed by atoms with Crippen LogP contribution in [0.5, 0.6) is 0 Å². The predicted molar refractivity (Wildman–Crippen MR) is 50.1 cm³/mol. The van der Waals surface area contributed by atoms with E-state index in [1.807, 2.05) is 0 Å². The molecule has 68 valence electrons. The van der Waals surface area contributed by atoms with Crippen molar-refractivity contribution in [2.75, 3.05) is 0 Å². The lowest BCUT2D eigenvalue weighted by Gasteiger charge is -2.30. The summed E-state index contributed by atoms with van der Waals surface area (Å²) in [4.78, 5) is 0. The van der Waals surface area contributed by atoms with Crippen LogP contribution in [-0.2, 0) is 0 Å². The summed E-state index contributed by atoms with van der Waals surface area (Å²) in [6.45, 7) is 8.76. The maximum atomic E-state index is 5.43. The Morgan fingerprint density at radius 2 is 2.00 bits per heavy atom. The maximum Gasteiger partial charge on any atom is 0.0290 e. The van der Waals surface area contributed by atoms with Gasteiger partial charge in [-0.25, -0.2) is 0 Å². The molecule has 0 aromatic heterocycles. The molecule has 2 heteroatoms. The number of nitrogens with one attached hydrogen (secondary N) is 1. The molecule has 0 aliphatic carbocycles. The predicted octanol–water partition coefficient (Wildman–Crippen LogP) is 2.05. The lowest BCUT2D eigenvalue weighted by Crippen LogP contribution is -2.49. The average Bonchev–Trinajstić information content (AvgIpc) is 2.00. The molecular formula is C9H22N2. The molecule has 1 unspecified atom stereocenters. The zero-order chi connectivity index (χ0) is 8.91. The van der Waals surface area contributed by atoms with Gasteiger partial charge < -0.3 is 0 Å². The number of hydrogen-bond donors (Lipinski definition) is 2. The van der Waals surface area contributed by atoms with E-state index in [9.17, 15) is 0 Å². The number of rotatable bonds is 5. The van der Waals surface area contributed by atoms with E-state index in [4.69, 9.17) is 5.84 Å². The van der Waals surface area contributed by atoms with Gasteiger partial charge in [-0.3, -0.25) is 11.3 Å². The fraction of sp³-hybridized carbons (Fsp3) is 1.00. The van der Waals surface area contributed by atoms with E-state index in [1.54, 1.807) is 0 Å². The van der Waals surface area contributed by atoms with Crippen molar-refractivity contribution >= 4 is 0 Å². The second kappa shape index (κ2) is 4.73. The van der Waals surface area contributed by atoms with E-state index in [1.165, 1.54) is 19.3 Å². The molecule has 0 amide bonds. The molecule has 11 heavy (non-hydrogen) atoms. The Morgan fingerprint density at radius 3 is 2.36 bits per heavy atom. The molecule has 0 aliphatic heterocycles. The molecule has 0 rings (SSSR count). The Bertz CT molecular complexity index is 99.7. The quantitative estimate of drug-likeness (QED) is 0.475. The van der Waals surface area contributed by atoms with Gasteiger partial charge in [-0.05, 0) is 26.2 Å². The summed E-state index contributed by atoms with van der Waals surface area (Å²) in [6.07, 6.45) is 3.82. The second-order valence-electron chi connectivity index (χ2n) is 3.91. The summed E-state index contributed by atoms with van der Waals surface area (Å²) in [7, 11) is 0. The van der Waals surface area contributed by atoms with Gasteiger partial charge in [0.2, 0.25) is 0 Å². The van der Waals surface area contributed by atoms with Crippen molar-refractivity contribution in [2.24, 2.45) is 11.8 Å². The lowest BCUT2D eigenvalue weighted by molar-refractivity contribution is 0.255. The van der Waals surface area contributed by atoms with Crippen LogP contribution in [0, 0.1) is 5.92 Å². The molecule has 0 aliphatic rings. The minimum Gasteiger partial charge on any atom is -0.271 e. The molecule has 1 atom stereocenters. The average molecular weight is 158 g/mol. The Hall–Kier alpha value is -0.0800. The third kappa shape index (κ3) is 3.73. The van der Waals surface area contributed by atoms with E-state index in [0.29, 0.717) is 5.92 Å². The topological polar surface area (TPSA) is 38.0 Å². The number of nitrogens with two attached hydrogens (primary N) is 1. The first-order chi connectivity index (χ1) is 5.04. The zero-order valence-electron chi connectivity index (χ0n) is 8.28. The standard InChI is InChI=1S/C9H22N2/c1-5-6-7-8(2)9(3,4)11-10/h8,11H,5-7,10H2,1-4H3. The minimum atomic E-state index is 0.0785. The molecule has 0 aromatic rings. The number of hydrogen-bond acceptors (Lipinski definition) is 2. The molecule has 0 fully saturated rings. The van der Waals surface area contributed by atoms with E-state index in [-0.39, 0.29) is 5.54 Å². The van der Waals surface area contributed by atoms with Gasteiger partial charge in [0.25, 0.3) is 0 Å². The third-order valence-electron chi connectivity index (χ3n) is 2.59. The van der Waals surface area contributed by atoms with Crippen LogP contribution < -0.4 is 11.3 Å². The highest BCUT2D eigenvalue weighted by Gasteiger charge is 2.22. The maximum absolute atomic E-state index is 5.43. The van der Waals surface area contributed by atoms with Crippen LogP contribution in [0.1, 0.15) is 47.0 Å². The van der Waals surface area contributed by atoms with Crippen molar-refractivity contribution in [1.29, 1.82) is 0 Å². The van der Waals surface area contributed by atoms with E-state index < -0.39 is 0 Å². The molecule has 0 saturated heterocycles. The Labute approximate surface area is 70.5 Å². The highest BCUT2D eigenvalue weighted by atomic mass is 15.3. The zero-order valence-corrected chi connectivity index (χ0v) is 8.28. The van der Waals surface area contributed by atoms with Gasteiger partial charge >= 0.3 is 0 Å². The largest absolute Gasteiger partial charge is 0.271 e. The molecule has 0 aromatic carbocycles. The van der Waals surface area contributed by atoms with Crippen LogP contribution in [0.3, 0.4) is 0 Å². The normalized spacial score (nSPS) is 15.0. The molecule has 2 nitrogen and oxygen atoms in total. The van der Waals surface area contributed by atoms with Crippen molar-refractivity contribution in [3.05, 3.63) is 0 Å². The molecular weight excluding hydrogens is 136 g/mol. The van der Waals surface area contributed by atoms with Crippen LogP contribution in [-0.4, -0.2) is 5.54 Å². The molecule has 0 spiro atoms. The number of hydrazine groups is 1. The first-order valence-electron chi connectivity index (χ1n) is 4.52. The summed E-state index contributed by atoms with van der Waals surface area (Å²) in [5, 5.41) is 0. The third-order valence-corrected chi connectivity index (χ3v) is 2.59. The van der Waals surface area contributed by atoms with Gasteiger partial charge in [0.15, 0.2) is 0 Å². The highest BCUT2D eigenvalue weighted by Crippen LogP contribution is 2.20. The summed E-state index contributed by atoms with van der Waals surface area (Å²) in [5.74, 6) is 6.07. The molecule has 0 heterocycles.